The largest absolute Gasteiger partial charge is 0.495 e. The number of para-hydroxylation sites is 4. The Balaban J connectivity index is 1.72. The van der Waals surface area contributed by atoms with E-state index in [0.717, 1.165) is 39.8 Å². The molecular formula is C27H27N3O3. The summed E-state index contributed by atoms with van der Waals surface area (Å²) in [6.07, 6.45) is -0.119. The Bertz CT molecular complexity index is 1240. The fourth-order valence-electron chi connectivity index (χ4n) is 5.00. The molecule has 2 aliphatic rings. The molecule has 0 radical (unpaired) electrons. The van der Waals surface area contributed by atoms with Crippen LogP contribution in [0.5, 0.6) is 5.75 Å². The minimum absolute atomic E-state index is 0.0538. The third-order valence-electron chi connectivity index (χ3n) is 6.70. The van der Waals surface area contributed by atoms with Crippen LogP contribution in [0.4, 0.5) is 17.1 Å². The molecule has 33 heavy (non-hydrogen) atoms. The van der Waals surface area contributed by atoms with Crippen molar-refractivity contribution in [1.82, 2.24) is 0 Å². The normalized spacial score (nSPS) is 21.3. The van der Waals surface area contributed by atoms with Gasteiger partial charge in [0.15, 0.2) is 6.10 Å². The maximum Gasteiger partial charge on any atom is 0.259 e. The number of hydrogen-bond acceptors (Lipinski definition) is 5. The van der Waals surface area contributed by atoms with Crippen LogP contribution in [-0.4, -0.2) is 39.1 Å². The average Bonchev–Trinajstić information content (AvgIpc) is 2.97. The average molecular weight is 442 g/mol. The van der Waals surface area contributed by atoms with Crippen molar-refractivity contribution in [2.75, 3.05) is 31.1 Å². The Morgan fingerprint density at radius 3 is 2.42 bits per heavy atom. The number of anilines is 2. The molecule has 0 N–H and O–H groups in total. The maximum atomic E-state index is 13.4. The molecule has 2 atom stereocenters. The predicted octanol–water partition coefficient (Wildman–Crippen LogP) is 4.83. The van der Waals surface area contributed by atoms with Gasteiger partial charge in [0.2, 0.25) is 0 Å². The fourth-order valence-corrected chi connectivity index (χ4v) is 5.00. The summed E-state index contributed by atoms with van der Waals surface area (Å²) < 4.78 is 11.4. The number of hydrogen-bond donors (Lipinski definition) is 0. The number of β-lactam (4-membered cyclic amide) rings is 1. The van der Waals surface area contributed by atoms with Gasteiger partial charge in [-0.1, -0.05) is 54.1 Å². The fraction of sp³-hybridized carbons (Fsp3) is 0.259. The van der Waals surface area contributed by atoms with Crippen molar-refractivity contribution in [3.8, 4) is 5.75 Å². The first-order valence-corrected chi connectivity index (χ1v) is 11.0. The van der Waals surface area contributed by atoms with Crippen molar-refractivity contribution < 1.29 is 14.3 Å². The molecule has 1 amide bonds. The lowest BCUT2D eigenvalue weighted by molar-refractivity contribution is -0.147. The zero-order valence-corrected chi connectivity index (χ0v) is 19.3. The van der Waals surface area contributed by atoms with E-state index in [0.29, 0.717) is 6.42 Å². The number of benzene rings is 3. The summed E-state index contributed by atoms with van der Waals surface area (Å²) in [6.45, 7) is 2.06. The molecule has 2 unspecified atom stereocenters. The first-order valence-electron chi connectivity index (χ1n) is 11.0. The Morgan fingerprint density at radius 2 is 1.70 bits per heavy atom. The summed E-state index contributed by atoms with van der Waals surface area (Å²) in [5.74, 6) is 1.53. The summed E-state index contributed by atoms with van der Waals surface area (Å²) in [5.41, 5.74) is 3.93. The molecule has 5 rings (SSSR count). The summed E-state index contributed by atoms with van der Waals surface area (Å²) in [6, 6.07) is 24.0. The number of aryl methyl sites for hydroxylation is 1. The number of carbonyl (C=O) groups excluding carboxylic acids is 1. The predicted molar refractivity (Wildman–Crippen MR) is 131 cm³/mol. The van der Waals surface area contributed by atoms with Crippen molar-refractivity contribution in [1.29, 1.82) is 0 Å². The first kappa shape index (κ1) is 21.2. The summed E-state index contributed by atoms with van der Waals surface area (Å²) >= 11 is 0. The molecule has 6 nitrogen and oxygen atoms in total. The van der Waals surface area contributed by atoms with Crippen LogP contribution in [0, 0.1) is 6.92 Å². The lowest BCUT2D eigenvalue weighted by atomic mass is 9.71. The zero-order chi connectivity index (χ0) is 23.2. The van der Waals surface area contributed by atoms with Crippen LogP contribution in [0.25, 0.3) is 0 Å². The number of aliphatic imine (C=N–C) groups is 1. The zero-order valence-electron chi connectivity index (χ0n) is 19.3. The van der Waals surface area contributed by atoms with Crippen LogP contribution >= 0.6 is 0 Å². The molecule has 2 aliphatic heterocycles. The molecule has 2 heterocycles. The highest BCUT2D eigenvalue weighted by Gasteiger charge is 2.64. The van der Waals surface area contributed by atoms with Gasteiger partial charge in [0, 0.05) is 20.6 Å². The standard InChI is InChI=1S/C27H27N3O3/c1-18-13-15-19(16-14-18)27-17-24(29(2)22-11-7-8-12-23(22)32-3)28-20-9-5-6-10-21(20)30(27)26(31)25(27)33-4/h5-16,25H,17H2,1-4H3. The van der Waals surface area contributed by atoms with Gasteiger partial charge in [0.25, 0.3) is 5.91 Å². The van der Waals surface area contributed by atoms with Gasteiger partial charge in [0.05, 0.1) is 24.2 Å². The lowest BCUT2D eigenvalue weighted by Crippen LogP contribution is -2.74. The minimum atomic E-state index is -0.707. The Kier molecular flexibility index (Phi) is 5.17. The molecule has 0 saturated carbocycles. The molecule has 0 aliphatic carbocycles. The molecule has 3 aromatic rings. The second-order valence-electron chi connectivity index (χ2n) is 8.50. The summed E-state index contributed by atoms with van der Waals surface area (Å²) in [7, 11) is 5.26. The van der Waals surface area contributed by atoms with E-state index in [1.807, 2.05) is 65.4 Å². The van der Waals surface area contributed by atoms with Gasteiger partial charge in [-0.15, -0.1) is 0 Å². The van der Waals surface area contributed by atoms with Gasteiger partial charge >= 0.3 is 0 Å². The Hall–Kier alpha value is -3.64. The SMILES string of the molecule is COc1ccccc1N(C)C1=Nc2ccccc2N2C(=O)C(OC)C2(c2ccc(C)cc2)C1. The molecule has 168 valence electrons. The molecule has 1 fully saturated rings. The number of nitrogens with zero attached hydrogens (tertiary/aromatic N) is 3. The lowest BCUT2D eigenvalue weighted by Gasteiger charge is -2.56. The Morgan fingerprint density at radius 1 is 1.00 bits per heavy atom. The number of rotatable bonds is 4. The van der Waals surface area contributed by atoms with Gasteiger partial charge < -0.3 is 14.4 Å². The number of carbonyl (C=O) groups is 1. The number of amides is 1. The van der Waals surface area contributed by atoms with Crippen molar-refractivity contribution >= 4 is 28.8 Å². The summed E-state index contributed by atoms with van der Waals surface area (Å²) in [5, 5.41) is 0. The molecule has 0 spiro atoms. The van der Waals surface area contributed by atoms with Gasteiger partial charge in [-0.25, -0.2) is 4.99 Å². The van der Waals surface area contributed by atoms with E-state index in [9.17, 15) is 4.79 Å². The number of fused-ring (bicyclic) bond motifs is 3. The van der Waals surface area contributed by atoms with E-state index in [2.05, 4.69) is 31.2 Å². The molecule has 1 saturated heterocycles. The minimum Gasteiger partial charge on any atom is -0.495 e. The van der Waals surface area contributed by atoms with Crippen molar-refractivity contribution in [3.63, 3.8) is 0 Å². The van der Waals surface area contributed by atoms with Crippen LogP contribution in [0.3, 0.4) is 0 Å². The molecule has 3 aromatic carbocycles. The molecule has 6 heteroatoms. The topological polar surface area (TPSA) is 54.4 Å². The second kappa shape index (κ2) is 8.05. The van der Waals surface area contributed by atoms with E-state index in [4.69, 9.17) is 14.5 Å². The van der Waals surface area contributed by atoms with Crippen LogP contribution in [0.1, 0.15) is 17.5 Å². The highest BCUT2D eigenvalue weighted by Crippen LogP contribution is 2.53. The van der Waals surface area contributed by atoms with Crippen molar-refractivity contribution in [3.05, 3.63) is 83.9 Å². The molecular weight excluding hydrogens is 414 g/mol. The van der Waals surface area contributed by atoms with E-state index >= 15 is 0 Å². The number of amidine groups is 1. The smallest absolute Gasteiger partial charge is 0.259 e. The highest BCUT2D eigenvalue weighted by molar-refractivity contribution is 6.14. The van der Waals surface area contributed by atoms with E-state index in [1.165, 1.54) is 0 Å². The van der Waals surface area contributed by atoms with Crippen LogP contribution in [-0.2, 0) is 15.1 Å². The quantitative estimate of drug-likeness (QED) is 0.544. The van der Waals surface area contributed by atoms with Crippen LogP contribution < -0.4 is 14.5 Å². The molecule has 0 bridgehead atoms. The van der Waals surface area contributed by atoms with E-state index in [-0.39, 0.29) is 5.91 Å². The van der Waals surface area contributed by atoms with E-state index < -0.39 is 11.6 Å². The second-order valence-corrected chi connectivity index (χ2v) is 8.50. The van der Waals surface area contributed by atoms with Crippen molar-refractivity contribution in [2.45, 2.75) is 25.0 Å². The monoisotopic (exact) mass is 441 g/mol. The van der Waals surface area contributed by atoms with Gasteiger partial charge in [-0.05, 0) is 36.8 Å². The Labute approximate surface area is 194 Å². The van der Waals surface area contributed by atoms with Gasteiger partial charge in [-0.3, -0.25) is 9.69 Å². The molecule has 0 aromatic heterocycles. The van der Waals surface area contributed by atoms with Gasteiger partial charge in [0.1, 0.15) is 17.1 Å². The van der Waals surface area contributed by atoms with E-state index in [1.54, 1.807) is 14.2 Å². The highest BCUT2D eigenvalue weighted by atomic mass is 16.5. The van der Waals surface area contributed by atoms with Gasteiger partial charge in [-0.2, -0.15) is 0 Å². The van der Waals surface area contributed by atoms with Crippen molar-refractivity contribution in [2.24, 2.45) is 4.99 Å². The summed E-state index contributed by atoms with van der Waals surface area (Å²) in [4.78, 5) is 22.3. The van der Waals surface area contributed by atoms with Crippen LogP contribution in [0.15, 0.2) is 77.8 Å². The van der Waals surface area contributed by atoms with Crippen LogP contribution in [0.2, 0.25) is 0 Å². The number of methoxy groups -OCH3 is 2. The maximum absolute atomic E-state index is 13.4. The third-order valence-corrected chi connectivity index (χ3v) is 6.70. The third kappa shape index (κ3) is 3.13. The number of ether oxygens (including phenoxy) is 2. The first-order chi connectivity index (χ1) is 16.0.